The van der Waals surface area contributed by atoms with Gasteiger partial charge in [-0.15, -0.1) is 0 Å². The lowest BCUT2D eigenvalue weighted by atomic mass is 10.0. The molecule has 0 saturated carbocycles. The SMILES string of the molecule is O=C(CCNS(=O)(=O)c1ccc(F)cc1)Nc1ccc(S(=O)(=O)N2CCCc3ccccc32)cc1. The highest BCUT2D eigenvalue weighted by Crippen LogP contribution is 2.32. The molecule has 3 aromatic carbocycles. The molecule has 184 valence electrons. The number of carbonyl (C=O) groups is 1. The van der Waals surface area contributed by atoms with Crippen molar-refractivity contribution >= 4 is 37.3 Å². The number of benzene rings is 3. The fourth-order valence-corrected chi connectivity index (χ4v) is 6.38. The maximum absolute atomic E-state index is 13.2. The van der Waals surface area contributed by atoms with Crippen LogP contribution in [0.3, 0.4) is 0 Å². The van der Waals surface area contributed by atoms with E-state index in [1.165, 1.54) is 28.6 Å². The van der Waals surface area contributed by atoms with Gasteiger partial charge in [-0.2, -0.15) is 0 Å². The highest BCUT2D eigenvalue weighted by Gasteiger charge is 2.28. The third-order valence-electron chi connectivity index (χ3n) is 5.56. The second-order valence-electron chi connectivity index (χ2n) is 7.98. The predicted molar refractivity (Wildman–Crippen MR) is 131 cm³/mol. The Morgan fingerprint density at radius 1 is 0.886 bits per heavy atom. The quantitative estimate of drug-likeness (QED) is 0.476. The minimum absolute atomic E-state index is 0.104. The highest BCUT2D eigenvalue weighted by atomic mass is 32.2. The van der Waals surface area contributed by atoms with E-state index in [0.29, 0.717) is 17.9 Å². The molecule has 0 aliphatic carbocycles. The van der Waals surface area contributed by atoms with Crippen LogP contribution >= 0.6 is 0 Å². The maximum Gasteiger partial charge on any atom is 0.264 e. The van der Waals surface area contributed by atoms with E-state index in [2.05, 4.69) is 10.0 Å². The third-order valence-corrected chi connectivity index (χ3v) is 8.87. The second-order valence-corrected chi connectivity index (χ2v) is 11.6. The van der Waals surface area contributed by atoms with E-state index >= 15 is 0 Å². The first-order valence-electron chi connectivity index (χ1n) is 10.9. The van der Waals surface area contributed by atoms with Crippen molar-refractivity contribution in [2.24, 2.45) is 0 Å². The molecule has 2 N–H and O–H groups in total. The van der Waals surface area contributed by atoms with Crippen LogP contribution in [0.1, 0.15) is 18.4 Å². The molecule has 0 aromatic heterocycles. The maximum atomic E-state index is 13.2. The van der Waals surface area contributed by atoms with E-state index in [9.17, 15) is 26.0 Å². The molecular formula is C24H24FN3O5S2. The number of nitrogens with zero attached hydrogens (tertiary/aromatic N) is 1. The number of hydrogen-bond acceptors (Lipinski definition) is 5. The minimum atomic E-state index is -3.87. The molecule has 0 atom stereocenters. The summed E-state index contributed by atoms with van der Waals surface area (Å²) in [6.45, 7) is 0.234. The zero-order chi connectivity index (χ0) is 25.1. The Bertz CT molecular complexity index is 1420. The van der Waals surface area contributed by atoms with Gasteiger partial charge in [0.1, 0.15) is 5.82 Å². The van der Waals surface area contributed by atoms with Crippen molar-refractivity contribution in [3.63, 3.8) is 0 Å². The number of fused-ring (bicyclic) bond motifs is 1. The number of amides is 1. The van der Waals surface area contributed by atoms with E-state index in [1.807, 2.05) is 18.2 Å². The molecule has 0 radical (unpaired) electrons. The van der Waals surface area contributed by atoms with E-state index in [-0.39, 0.29) is 22.8 Å². The van der Waals surface area contributed by atoms with Crippen LogP contribution in [0.4, 0.5) is 15.8 Å². The Morgan fingerprint density at radius 3 is 2.26 bits per heavy atom. The zero-order valence-corrected chi connectivity index (χ0v) is 20.3. The molecule has 11 heteroatoms. The van der Waals surface area contributed by atoms with Gasteiger partial charge in [0.05, 0.1) is 15.5 Å². The molecule has 1 heterocycles. The summed E-state index contributed by atoms with van der Waals surface area (Å²) in [5.74, 6) is -1.00. The number of nitrogens with one attached hydrogen (secondary N) is 2. The van der Waals surface area contributed by atoms with Crippen LogP contribution in [-0.2, 0) is 31.3 Å². The summed E-state index contributed by atoms with van der Waals surface area (Å²) >= 11 is 0. The number of anilines is 2. The first-order chi connectivity index (χ1) is 16.7. The van der Waals surface area contributed by atoms with E-state index < -0.39 is 31.8 Å². The summed E-state index contributed by atoms with van der Waals surface area (Å²) in [6.07, 6.45) is 1.41. The first kappa shape index (κ1) is 24.8. The van der Waals surface area contributed by atoms with Crippen molar-refractivity contribution < 1.29 is 26.0 Å². The molecule has 0 spiro atoms. The number of rotatable bonds is 8. The summed E-state index contributed by atoms with van der Waals surface area (Å²) in [6, 6.07) is 17.6. The molecule has 8 nitrogen and oxygen atoms in total. The molecule has 1 amide bonds. The molecule has 0 fully saturated rings. The Balaban J connectivity index is 1.35. The molecular weight excluding hydrogens is 493 g/mol. The second kappa shape index (κ2) is 10.1. The van der Waals surface area contributed by atoms with E-state index in [0.717, 1.165) is 42.7 Å². The number of sulfonamides is 2. The normalized spacial score (nSPS) is 13.8. The topological polar surface area (TPSA) is 113 Å². The summed E-state index contributed by atoms with van der Waals surface area (Å²) in [4.78, 5) is 12.2. The fourth-order valence-electron chi connectivity index (χ4n) is 3.81. The summed E-state index contributed by atoms with van der Waals surface area (Å²) < 4.78 is 67.5. The van der Waals surface area contributed by atoms with Crippen molar-refractivity contribution in [2.45, 2.75) is 29.1 Å². The highest BCUT2D eigenvalue weighted by molar-refractivity contribution is 7.92. The van der Waals surface area contributed by atoms with Gasteiger partial charge in [-0.3, -0.25) is 9.10 Å². The monoisotopic (exact) mass is 517 g/mol. The van der Waals surface area contributed by atoms with E-state index in [1.54, 1.807) is 6.07 Å². The van der Waals surface area contributed by atoms with Gasteiger partial charge < -0.3 is 5.32 Å². The predicted octanol–water partition coefficient (Wildman–Crippen LogP) is 3.27. The lowest BCUT2D eigenvalue weighted by Gasteiger charge is -2.30. The fraction of sp³-hybridized carbons (Fsp3) is 0.208. The summed E-state index contributed by atoms with van der Waals surface area (Å²) in [5, 5.41) is 2.62. The Morgan fingerprint density at radius 2 is 1.54 bits per heavy atom. The van der Waals surface area contributed by atoms with Gasteiger partial charge in [-0.05, 0) is 73.0 Å². The standard InChI is InChI=1S/C24H24FN3O5S2/c25-19-7-11-21(12-8-19)34(30,31)26-16-15-24(29)27-20-9-13-22(14-10-20)35(32,33)28-17-3-5-18-4-1-2-6-23(18)28/h1-2,4,6-14,26H,3,5,15-17H2,(H,27,29). The molecule has 0 saturated heterocycles. The van der Waals surface area contributed by atoms with Gasteiger partial charge in [0, 0.05) is 25.2 Å². The number of para-hydroxylation sites is 1. The smallest absolute Gasteiger partial charge is 0.264 e. The average Bonchev–Trinajstić information content (AvgIpc) is 2.84. The number of carbonyl (C=O) groups excluding carboxylic acids is 1. The van der Waals surface area contributed by atoms with Crippen molar-refractivity contribution in [3.05, 3.63) is 84.2 Å². The Kier molecular flexibility index (Phi) is 7.20. The van der Waals surface area contributed by atoms with Crippen LogP contribution in [0.25, 0.3) is 0 Å². The van der Waals surface area contributed by atoms with Crippen LogP contribution in [0.2, 0.25) is 0 Å². The Labute approximate surface area is 203 Å². The first-order valence-corrected chi connectivity index (χ1v) is 13.8. The van der Waals surface area contributed by atoms with Crippen LogP contribution in [0.15, 0.2) is 82.6 Å². The van der Waals surface area contributed by atoms with Crippen LogP contribution in [0, 0.1) is 5.82 Å². The molecule has 0 bridgehead atoms. The van der Waals surface area contributed by atoms with Gasteiger partial charge >= 0.3 is 0 Å². The molecule has 0 unspecified atom stereocenters. The van der Waals surface area contributed by atoms with Gasteiger partial charge in [0.15, 0.2) is 0 Å². The number of hydrogen-bond donors (Lipinski definition) is 2. The van der Waals surface area contributed by atoms with Crippen molar-refractivity contribution in [1.29, 1.82) is 0 Å². The lowest BCUT2D eigenvalue weighted by molar-refractivity contribution is -0.116. The largest absolute Gasteiger partial charge is 0.326 e. The van der Waals surface area contributed by atoms with Gasteiger partial charge in [-0.1, -0.05) is 18.2 Å². The molecule has 35 heavy (non-hydrogen) atoms. The number of aryl methyl sites for hydroxylation is 1. The van der Waals surface area contributed by atoms with Crippen LogP contribution in [-0.4, -0.2) is 35.8 Å². The van der Waals surface area contributed by atoms with Crippen LogP contribution in [0.5, 0.6) is 0 Å². The molecule has 1 aliphatic heterocycles. The summed E-state index contributed by atoms with van der Waals surface area (Å²) in [7, 11) is -7.63. The van der Waals surface area contributed by atoms with Crippen molar-refractivity contribution in [3.8, 4) is 0 Å². The Hall–Kier alpha value is -3.28. The van der Waals surface area contributed by atoms with Crippen LogP contribution < -0.4 is 14.3 Å². The third kappa shape index (κ3) is 5.69. The van der Waals surface area contributed by atoms with Crippen molar-refractivity contribution in [2.75, 3.05) is 22.7 Å². The average molecular weight is 518 g/mol. The summed E-state index contributed by atoms with van der Waals surface area (Å²) in [5.41, 5.74) is 2.05. The van der Waals surface area contributed by atoms with E-state index in [4.69, 9.17) is 0 Å². The van der Waals surface area contributed by atoms with Gasteiger partial charge in [-0.25, -0.2) is 25.9 Å². The van der Waals surface area contributed by atoms with Crippen molar-refractivity contribution in [1.82, 2.24) is 4.72 Å². The van der Waals surface area contributed by atoms with Gasteiger partial charge in [0.2, 0.25) is 15.9 Å². The van der Waals surface area contributed by atoms with Gasteiger partial charge in [0.25, 0.3) is 10.0 Å². The minimum Gasteiger partial charge on any atom is -0.326 e. The lowest BCUT2D eigenvalue weighted by Crippen LogP contribution is -2.35. The molecule has 4 rings (SSSR count). The molecule has 3 aromatic rings. The number of halogens is 1. The zero-order valence-electron chi connectivity index (χ0n) is 18.6. The molecule has 1 aliphatic rings.